The molecule has 24 heavy (non-hydrogen) atoms. The van der Waals surface area contributed by atoms with Crippen LogP contribution in [0.3, 0.4) is 0 Å². The summed E-state index contributed by atoms with van der Waals surface area (Å²) in [4.78, 5) is 13.0. The third-order valence-electron chi connectivity index (χ3n) is 4.34. The number of allylic oxidation sites excluding steroid dienone is 1. The average molecular weight is 335 g/mol. The molecule has 1 atom stereocenters. The maximum Gasteiger partial charge on any atom is 0.258 e. The standard InChI is InChI=1S/C18H13N3O2S/c1-21-13-5-3-2-4-11(13)16-15(18(21)22)14(10-6-7-24-9-10)12(8-19)17(20)23-16/h2-7,9,14H,20H2,1H3/t14-/m1/s1. The highest BCUT2D eigenvalue weighted by Gasteiger charge is 2.35. The van der Waals surface area contributed by atoms with Crippen LogP contribution in [0.25, 0.3) is 10.9 Å². The number of fused-ring (bicyclic) bond motifs is 3. The number of nitrogens with zero attached hydrogens (tertiary/aromatic N) is 2. The molecule has 1 aromatic carbocycles. The molecule has 0 fully saturated rings. The molecular weight excluding hydrogens is 322 g/mol. The number of hydrogen-bond donors (Lipinski definition) is 1. The lowest BCUT2D eigenvalue weighted by molar-refractivity contribution is 0.396. The molecule has 1 aliphatic rings. The van der Waals surface area contributed by atoms with Crippen molar-refractivity contribution in [2.24, 2.45) is 12.8 Å². The largest absolute Gasteiger partial charge is 0.439 e. The summed E-state index contributed by atoms with van der Waals surface area (Å²) in [5, 5.41) is 14.2. The van der Waals surface area contributed by atoms with Crippen LogP contribution in [0.5, 0.6) is 5.75 Å². The van der Waals surface area contributed by atoms with Gasteiger partial charge in [0, 0.05) is 12.4 Å². The molecule has 0 amide bonds. The van der Waals surface area contributed by atoms with E-state index in [0.29, 0.717) is 11.3 Å². The number of aromatic nitrogens is 1. The van der Waals surface area contributed by atoms with Crippen molar-refractivity contribution in [3.63, 3.8) is 0 Å². The van der Waals surface area contributed by atoms with Crippen molar-refractivity contribution in [1.29, 1.82) is 5.26 Å². The van der Waals surface area contributed by atoms with Crippen LogP contribution in [0.15, 0.2) is 57.3 Å². The molecule has 0 aliphatic carbocycles. The van der Waals surface area contributed by atoms with Gasteiger partial charge in [-0.1, -0.05) is 12.1 Å². The molecular formula is C18H13N3O2S. The molecule has 0 bridgehead atoms. The van der Waals surface area contributed by atoms with Crippen LogP contribution in [0.1, 0.15) is 17.0 Å². The second kappa shape index (κ2) is 5.25. The first-order valence-electron chi connectivity index (χ1n) is 7.34. The van der Waals surface area contributed by atoms with E-state index < -0.39 is 5.92 Å². The summed E-state index contributed by atoms with van der Waals surface area (Å²) < 4.78 is 7.33. The van der Waals surface area contributed by atoms with Gasteiger partial charge < -0.3 is 15.0 Å². The predicted octanol–water partition coefficient (Wildman–Crippen LogP) is 2.82. The second-order valence-electron chi connectivity index (χ2n) is 5.61. The Hall–Kier alpha value is -3.04. The lowest BCUT2D eigenvalue weighted by Gasteiger charge is -2.27. The highest BCUT2D eigenvalue weighted by Crippen LogP contribution is 2.43. The first-order chi connectivity index (χ1) is 11.6. The maximum absolute atomic E-state index is 13.0. The number of ether oxygens (including phenoxy) is 1. The molecule has 1 aliphatic heterocycles. The number of pyridine rings is 1. The summed E-state index contributed by atoms with van der Waals surface area (Å²) in [6.45, 7) is 0. The van der Waals surface area contributed by atoms with Gasteiger partial charge >= 0.3 is 0 Å². The minimum absolute atomic E-state index is 0.0552. The Balaban J connectivity index is 2.16. The van der Waals surface area contributed by atoms with Crippen molar-refractivity contribution < 1.29 is 4.74 Å². The molecule has 0 saturated heterocycles. The van der Waals surface area contributed by atoms with E-state index in [4.69, 9.17) is 10.5 Å². The first-order valence-corrected chi connectivity index (χ1v) is 8.29. The van der Waals surface area contributed by atoms with Crippen LogP contribution in [0.4, 0.5) is 0 Å². The van der Waals surface area contributed by atoms with Gasteiger partial charge in [0.2, 0.25) is 5.88 Å². The van der Waals surface area contributed by atoms with Gasteiger partial charge in [0.1, 0.15) is 17.4 Å². The summed E-state index contributed by atoms with van der Waals surface area (Å²) in [6.07, 6.45) is 0. The SMILES string of the molecule is Cn1c(=O)c2c(c3ccccc31)OC(N)=C(C#N)[C@H]2c1ccsc1. The van der Waals surface area contributed by atoms with Crippen LogP contribution in [-0.4, -0.2) is 4.57 Å². The van der Waals surface area contributed by atoms with E-state index in [0.717, 1.165) is 16.5 Å². The molecule has 3 heterocycles. The van der Waals surface area contributed by atoms with E-state index in [2.05, 4.69) is 6.07 Å². The number of nitrogens with two attached hydrogens (primary N) is 1. The van der Waals surface area contributed by atoms with Crippen LogP contribution in [0, 0.1) is 11.3 Å². The molecule has 3 aromatic rings. The monoisotopic (exact) mass is 335 g/mol. The van der Waals surface area contributed by atoms with E-state index in [1.807, 2.05) is 41.1 Å². The molecule has 6 heteroatoms. The Morgan fingerprint density at radius 1 is 1.33 bits per heavy atom. The number of aryl methyl sites for hydroxylation is 1. The highest BCUT2D eigenvalue weighted by molar-refractivity contribution is 7.08. The van der Waals surface area contributed by atoms with Gasteiger partial charge in [-0.2, -0.15) is 16.6 Å². The smallest absolute Gasteiger partial charge is 0.258 e. The van der Waals surface area contributed by atoms with Crippen molar-refractivity contribution in [2.75, 3.05) is 0 Å². The summed E-state index contributed by atoms with van der Waals surface area (Å²) in [5.41, 5.74) is 8.19. The molecule has 0 radical (unpaired) electrons. The molecule has 0 spiro atoms. The van der Waals surface area contributed by atoms with Crippen LogP contribution in [0.2, 0.25) is 0 Å². The average Bonchev–Trinajstić information content (AvgIpc) is 3.13. The van der Waals surface area contributed by atoms with Crippen LogP contribution >= 0.6 is 11.3 Å². The number of hydrogen-bond acceptors (Lipinski definition) is 5. The zero-order chi connectivity index (χ0) is 16.8. The zero-order valence-corrected chi connectivity index (χ0v) is 13.6. The normalized spacial score (nSPS) is 16.6. The molecule has 0 saturated carbocycles. The summed E-state index contributed by atoms with van der Waals surface area (Å²) >= 11 is 1.51. The van der Waals surface area contributed by atoms with Gasteiger partial charge in [0.05, 0.1) is 17.0 Å². The number of rotatable bonds is 1. The van der Waals surface area contributed by atoms with Crippen molar-refractivity contribution >= 4 is 22.2 Å². The fraction of sp³-hybridized carbons (Fsp3) is 0.111. The topological polar surface area (TPSA) is 81.0 Å². The summed E-state index contributed by atoms with van der Waals surface area (Å²) in [6, 6.07) is 11.5. The Morgan fingerprint density at radius 2 is 2.12 bits per heavy atom. The van der Waals surface area contributed by atoms with Gasteiger partial charge in [-0.15, -0.1) is 0 Å². The summed E-state index contributed by atoms with van der Waals surface area (Å²) in [7, 11) is 1.73. The number of nitriles is 1. The lowest BCUT2D eigenvalue weighted by atomic mass is 9.85. The molecule has 118 valence electrons. The quantitative estimate of drug-likeness (QED) is 0.741. The van der Waals surface area contributed by atoms with Crippen molar-refractivity contribution in [3.8, 4) is 11.8 Å². The van der Waals surface area contributed by atoms with E-state index in [1.54, 1.807) is 11.6 Å². The van der Waals surface area contributed by atoms with Gasteiger partial charge in [0.15, 0.2) is 0 Å². The fourth-order valence-electron chi connectivity index (χ4n) is 3.20. The fourth-order valence-corrected chi connectivity index (χ4v) is 3.88. The Morgan fingerprint density at radius 3 is 2.83 bits per heavy atom. The first kappa shape index (κ1) is 14.5. The van der Waals surface area contributed by atoms with E-state index >= 15 is 0 Å². The number of para-hydroxylation sites is 1. The van der Waals surface area contributed by atoms with Crippen LogP contribution in [-0.2, 0) is 7.05 Å². The lowest BCUT2D eigenvalue weighted by Crippen LogP contribution is -2.30. The highest BCUT2D eigenvalue weighted by atomic mass is 32.1. The van der Waals surface area contributed by atoms with Crippen LogP contribution < -0.4 is 16.0 Å². The zero-order valence-electron chi connectivity index (χ0n) is 12.8. The van der Waals surface area contributed by atoms with Crippen molar-refractivity contribution in [3.05, 3.63) is 74.0 Å². The van der Waals surface area contributed by atoms with E-state index in [9.17, 15) is 10.1 Å². The number of thiophene rings is 1. The minimum atomic E-state index is -0.506. The van der Waals surface area contributed by atoms with E-state index in [-0.39, 0.29) is 17.0 Å². The molecule has 2 N–H and O–H groups in total. The Kier molecular flexibility index (Phi) is 3.18. The summed E-state index contributed by atoms with van der Waals surface area (Å²) in [5.74, 6) is -0.00527. The van der Waals surface area contributed by atoms with Crippen molar-refractivity contribution in [1.82, 2.24) is 4.57 Å². The maximum atomic E-state index is 13.0. The van der Waals surface area contributed by atoms with E-state index in [1.165, 1.54) is 11.3 Å². The third kappa shape index (κ3) is 1.88. The second-order valence-corrected chi connectivity index (χ2v) is 6.39. The Bertz CT molecular complexity index is 1090. The molecule has 0 unspecified atom stereocenters. The molecule has 4 rings (SSSR count). The molecule has 5 nitrogen and oxygen atoms in total. The van der Waals surface area contributed by atoms with Gasteiger partial charge in [-0.05, 0) is 34.5 Å². The minimum Gasteiger partial charge on any atom is -0.439 e. The van der Waals surface area contributed by atoms with Crippen molar-refractivity contribution in [2.45, 2.75) is 5.92 Å². The van der Waals surface area contributed by atoms with Gasteiger partial charge in [-0.3, -0.25) is 4.79 Å². The third-order valence-corrected chi connectivity index (χ3v) is 5.04. The Labute approximate surface area is 141 Å². The number of benzene rings is 1. The molecule has 2 aromatic heterocycles. The predicted molar refractivity (Wildman–Crippen MR) is 92.8 cm³/mol. The van der Waals surface area contributed by atoms with Gasteiger partial charge in [-0.25, -0.2) is 0 Å². The van der Waals surface area contributed by atoms with Gasteiger partial charge in [0.25, 0.3) is 5.56 Å².